The molecule has 1 aromatic rings. The van der Waals surface area contributed by atoms with Crippen molar-refractivity contribution in [2.24, 2.45) is 0 Å². The molecule has 4 aliphatic carbocycles. The smallest absolute Gasteiger partial charge is 0.341 e. The summed E-state index contributed by atoms with van der Waals surface area (Å²) in [6.07, 6.45) is 55.9. The van der Waals surface area contributed by atoms with Crippen molar-refractivity contribution in [3.05, 3.63) is 187 Å². The molecule has 0 N–H and O–H groups in total. The van der Waals surface area contributed by atoms with Gasteiger partial charge in [0.1, 0.15) is 0 Å². The second kappa shape index (κ2) is 35.8. The monoisotopic (exact) mass is 740 g/mol. The van der Waals surface area contributed by atoms with Crippen LogP contribution in [0.4, 0.5) is 0 Å². The summed E-state index contributed by atoms with van der Waals surface area (Å²) in [5, 5.41) is 0. The van der Waals surface area contributed by atoms with Gasteiger partial charge in [-0.1, -0.05) is 52.4 Å². The van der Waals surface area contributed by atoms with E-state index in [1.165, 1.54) is 46.6 Å². The molecule has 1 heterocycles. The maximum Gasteiger partial charge on any atom is 4.00 e. The third-order valence-corrected chi connectivity index (χ3v) is 6.61. The van der Waals surface area contributed by atoms with Crippen molar-refractivity contribution in [2.45, 2.75) is 65.2 Å². The summed E-state index contributed by atoms with van der Waals surface area (Å²) >= 11 is 1.77. The molecule has 0 spiro atoms. The van der Waals surface area contributed by atoms with Crippen molar-refractivity contribution >= 4 is 11.3 Å². The van der Waals surface area contributed by atoms with E-state index >= 15 is 0 Å². The van der Waals surface area contributed by atoms with Crippen LogP contribution in [0.25, 0.3) is 0 Å². The van der Waals surface area contributed by atoms with Crippen molar-refractivity contribution in [1.29, 1.82) is 0 Å². The molecule has 4 saturated carbocycles. The summed E-state index contributed by atoms with van der Waals surface area (Å²) in [4.78, 5) is 2.40. The van der Waals surface area contributed by atoms with Crippen LogP contribution in [-0.2, 0) is 52.4 Å². The van der Waals surface area contributed by atoms with Gasteiger partial charge in [-0.25, -0.2) is 23.5 Å². The normalized spacial score (nSPS) is 17.5. The molecule has 0 amide bonds. The van der Waals surface area contributed by atoms with E-state index in [-0.39, 0.29) is 52.4 Å². The standard InChI is InChI=1S/C20H28S.4C5H5.2Zr/c1-5-9-11-17(7-3)15-19-13-14-20(21-19)16-18(8-4)12-10-6-2;4*1-2-4-5-3-1;;/h13-14H,3-12H2,1-2H3;4*1-5H;;/q-4;;;;;2*+4. The molecule has 20 radical (unpaired) electrons. The summed E-state index contributed by atoms with van der Waals surface area (Å²) in [5.74, 6) is 0. The van der Waals surface area contributed by atoms with Gasteiger partial charge in [-0.2, -0.15) is 33.7 Å². The van der Waals surface area contributed by atoms with Gasteiger partial charge in [0.15, 0.2) is 0 Å². The van der Waals surface area contributed by atoms with Crippen LogP contribution >= 0.6 is 11.3 Å². The Bertz CT molecular complexity index is 620. The molecule has 0 aliphatic heterocycles. The number of hydrogen-bond donors (Lipinski definition) is 0. The zero-order chi connectivity index (χ0) is 29.6. The Hall–Kier alpha value is 0.946. The molecule has 0 atom stereocenters. The van der Waals surface area contributed by atoms with Crippen LogP contribution in [0.2, 0.25) is 0 Å². The fourth-order valence-electron chi connectivity index (χ4n) is 3.38. The van der Waals surface area contributed by atoms with Gasteiger partial charge in [0.2, 0.25) is 0 Å². The first-order valence-electron chi connectivity index (χ1n) is 14.8. The predicted octanol–water partition coefficient (Wildman–Crippen LogP) is 10.8. The van der Waals surface area contributed by atoms with Crippen LogP contribution < -0.4 is 0 Å². The molecule has 0 nitrogen and oxygen atoms in total. The van der Waals surface area contributed by atoms with Crippen LogP contribution in [0.15, 0.2) is 23.3 Å². The summed E-state index contributed by atoms with van der Waals surface area (Å²) in [7, 11) is 0. The number of rotatable bonds is 10. The number of thiophene rings is 1. The van der Waals surface area contributed by atoms with Gasteiger partial charge in [0.05, 0.1) is 0 Å². The Morgan fingerprint density at radius 3 is 0.907 bits per heavy atom. The Labute approximate surface area is 313 Å². The third-order valence-electron chi connectivity index (χ3n) is 5.70. The van der Waals surface area contributed by atoms with Crippen LogP contribution in [0.3, 0.4) is 0 Å². The quantitative estimate of drug-likeness (QED) is 0.209. The average molecular weight is 743 g/mol. The van der Waals surface area contributed by atoms with Gasteiger partial charge < -0.3 is 13.8 Å². The van der Waals surface area contributed by atoms with Gasteiger partial charge >= 0.3 is 52.4 Å². The molecule has 4 aliphatic rings. The maximum absolute atomic E-state index is 4.01. The third kappa shape index (κ3) is 28.9. The Balaban J connectivity index is 0. The maximum atomic E-state index is 4.01. The van der Waals surface area contributed by atoms with Gasteiger partial charge in [-0.05, 0) is 128 Å². The largest absolute Gasteiger partial charge is 4.00 e. The van der Waals surface area contributed by atoms with E-state index in [0.717, 1.165) is 25.7 Å². The second-order valence-electron chi connectivity index (χ2n) is 9.18. The average Bonchev–Trinajstić information content (AvgIpc) is 3.85. The number of hydrogen-bond acceptors (Lipinski definition) is 1. The van der Waals surface area contributed by atoms with Crippen molar-refractivity contribution < 1.29 is 52.4 Å². The molecule has 0 bridgehead atoms. The van der Waals surface area contributed by atoms with E-state index in [0.29, 0.717) is 0 Å². The van der Waals surface area contributed by atoms with E-state index in [9.17, 15) is 0 Å². The van der Waals surface area contributed by atoms with Gasteiger partial charge in [-0.15, -0.1) is 0 Å². The summed E-state index contributed by atoms with van der Waals surface area (Å²) in [6.45, 7) is 12.5. The summed E-state index contributed by atoms with van der Waals surface area (Å²) in [5.41, 5.74) is 2.66. The first-order chi connectivity index (χ1) is 20.2. The van der Waals surface area contributed by atoms with Crippen molar-refractivity contribution in [2.75, 3.05) is 0 Å². The van der Waals surface area contributed by atoms with E-state index < -0.39 is 0 Å². The molecule has 5 rings (SSSR count). The van der Waals surface area contributed by atoms with E-state index in [1.807, 2.05) is 128 Å². The van der Waals surface area contributed by atoms with Crippen LogP contribution in [-0.4, -0.2) is 0 Å². The van der Waals surface area contributed by atoms with Gasteiger partial charge in [0.25, 0.3) is 0 Å². The van der Waals surface area contributed by atoms with E-state index in [4.69, 9.17) is 0 Å². The van der Waals surface area contributed by atoms with E-state index in [1.54, 1.807) is 11.3 Å². The molecular weight excluding hydrogens is 695 g/mol. The minimum atomic E-state index is 0. The molecule has 0 aromatic carbocycles. The zero-order valence-electron chi connectivity index (χ0n) is 26.2. The number of unbranched alkanes of at least 4 members (excludes halogenated alkanes) is 2. The molecule has 1 aromatic heterocycles. The minimum absolute atomic E-state index is 0. The fraction of sp³-hybridized carbons (Fsp3) is 0.250. The molecular formula is C40H48SZr2+4. The first kappa shape index (κ1) is 46.1. The van der Waals surface area contributed by atoms with Crippen molar-refractivity contribution in [1.82, 2.24) is 0 Å². The Kier molecular flexibility index (Phi) is 38.3. The molecule has 0 unspecified atom stereocenters. The van der Waals surface area contributed by atoms with Crippen molar-refractivity contribution in [3.63, 3.8) is 0 Å². The minimum Gasteiger partial charge on any atom is -0.341 e. The molecule has 0 saturated heterocycles. The van der Waals surface area contributed by atoms with Gasteiger partial charge in [0, 0.05) is 0 Å². The zero-order valence-corrected chi connectivity index (χ0v) is 31.9. The summed E-state index contributed by atoms with van der Waals surface area (Å²) < 4.78 is 0. The molecule has 218 valence electrons. The molecule has 3 heteroatoms. The van der Waals surface area contributed by atoms with Crippen LogP contribution in [0, 0.1) is 154 Å². The fourth-order valence-corrected chi connectivity index (χ4v) is 4.28. The topological polar surface area (TPSA) is 0 Å². The van der Waals surface area contributed by atoms with Crippen LogP contribution in [0.1, 0.15) is 75.0 Å². The number of allylic oxidation sites excluding steroid dienone is 2. The Morgan fingerprint density at radius 2 is 0.721 bits per heavy atom. The van der Waals surface area contributed by atoms with Crippen LogP contribution in [0.5, 0.6) is 0 Å². The van der Waals surface area contributed by atoms with Crippen molar-refractivity contribution in [3.8, 4) is 0 Å². The second-order valence-corrected chi connectivity index (χ2v) is 10.3. The summed E-state index contributed by atoms with van der Waals surface area (Å²) in [6, 6.07) is 4.30. The Morgan fingerprint density at radius 1 is 0.488 bits per heavy atom. The van der Waals surface area contributed by atoms with Gasteiger partial charge in [-0.3, -0.25) is 12.1 Å². The SMILES string of the molecule is [CH2-]CC(=[C-]c1ccc([C-]=C(C[CH2-])CCCC)s1)CCCC.[CH]1[CH][CH][CH][CH]1.[CH]1[CH][CH][CH][CH]1.[CH]1[CH][CH][CH][CH]1.[CH]1[CH][CH][CH][CH]1.[Zr+4].[Zr+4]. The van der Waals surface area contributed by atoms with E-state index in [2.05, 4.69) is 52.0 Å². The molecule has 4 fully saturated rings. The predicted molar refractivity (Wildman–Crippen MR) is 181 cm³/mol. The first-order valence-corrected chi connectivity index (χ1v) is 15.6. The molecule has 43 heavy (non-hydrogen) atoms.